The topological polar surface area (TPSA) is 8.17 Å². The van der Waals surface area contributed by atoms with Gasteiger partial charge >= 0.3 is 0 Å². The van der Waals surface area contributed by atoms with Crippen LogP contribution in [0.1, 0.15) is 41.6 Å². The summed E-state index contributed by atoms with van der Waals surface area (Å²) in [5.74, 6) is 0.401. The first-order valence-electron chi connectivity index (χ1n) is 19.6. The molecular weight excluding hydrogens is 653 g/mol. The maximum atomic E-state index is 2.63. The number of hydrogen-bond acceptors (Lipinski definition) is 1. The van der Waals surface area contributed by atoms with Gasteiger partial charge in [0, 0.05) is 34.1 Å². The maximum Gasteiger partial charge on any atom is 0.0626 e. The summed E-state index contributed by atoms with van der Waals surface area (Å²) in [6, 6.07) is 42.0. The van der Waals surface area contributed by atoms with Gasteiger partial charge in [0.2, 0.25) is 0 Å². The molecule has 2 heterocycles. The number of anilines is 1. The van der Waals surface area contributed by atoms with E-state index in [0.717, 1.165) is 25.7 Å². The number of fused-ring (bicyclic) bond motifs is 7. The molecule has 0 radical (unpaired) electrons. The number of rotatable bonds is 4. The molecule has 1 aromatic heterocycles. The van der Waals surface area contributed by atoms with Gasteiger partial charge in [-0.2, -0.15) is 0 Å². The fourth-order valence-electron chi connectivity index (χ4n) is 10.0. The van der Waals surface area contributed by atoms with E-state index in [2.05, 4.69) is 181 Å². The molecule has 7 aromatic rings. The molecule has 6 aromatic carbocycles. The van der Waals surface area contributed by atoms with Crippen LogP contribution in [-0.2, 0) is 6.42 Å². The van der Waals surface area contributed by atoms with Crippen LogP contribution >= 0.6 is 0 Å². The molecule has 260 valence electrons. The molecule has 0 fully saturated rings. The van der Waals surface area contributed by atoms with Gasteiger partial charge in [0.05, 0.1) is 11.6 Å². The van der Waals surface area contributed by atoms with Crippen molar-refractivity contribution in [2.45, 2.75) is 45.6 Å². The van der Waals surface area contributed by atoms with E-state index in [1.54, 1.807) is 0 Å². The molecule has 2 atom stereocenters. The van der Waals surface area contributed by atoms with E-state index < -0.39 is 0 Å². The van der Waals surface area contributed by atoms with E-state index in [4.69, 9.17) is 0 Å². The second-order valence-electron chi connectivity index (χ2n) is 15.6. The van der Waals surface area contributed by atoms with Crippen molar-refractivity contribution in [3.05, 3.63) is 185 Å². The Morgan fingerprint density at radius 3 is 2.00 bits per heavy atom. The zero-order valence-corrected chi connectivity index (χ0v) is 30.9. The number of nitrogens with zero attached hydrogens (tertiary/aromatic N) is 2. The molecule has 2 nitrogen and oxygen atoms in total. The molecule has 54 heavy (non-hydrogen) atoms. The highest BCUT2D eigenvalue weighted by atomic mass is 15.2. The average Bonchev–Trinajstić information content (AvgIpc) is 3.73. The summed E-state index contributed by atoms with van der Waals surface area (Å²) < 4.78 is 2.48. The summed E-state index contributed by atoms with van der Waals surface area (Å²) >= 11 is 0. The van der Waals surface area contributed by atoms with Crippen molar-refractivity contribution >= 4 is 44.2 Å². The van der Waals surface area contributed by atoms with Gasteiger partial charge in [0.25, 0.3) is 0 Å². The molecule has 0 saturated heterocycles. The zero-order chi connectivity index (χ0) is 35.9. The minimum absolute atomic E-state index is 0.310. The molecule has 0 bridgehead atoms. The van der Waals surface area contributed by atoms with Crippen LogP contribution in [0.4, 0.5) is 5.69 Å². The van der Waals surface area contributed by atoms with E-state index in [1.165, 1.54) is 99.7 Å². The van der Waals surface area contributed by atoms with E-state index >= 15 is 0 Å². The van der Waals surface area contributed by atoms with Crippen molar-refractivity contribution in [1.29, 1.82) is 0 Å². The normalized spacial score (nSPS) is 18.6. The Morgan fingerprint density at radius 1 is 0.556 bits per heavy atom. The monoisotopic (exact) mass is 694 g/mol. The standard InChI is InChI=1S/C52H42N2/c1-33-25-27-43-45(29-33)51(35-13-11-15-37(31-35)53-47-21-7-3-17-39(47)40-18-4-8-22-48(40)53)44-28-26-34(2)30-46(44)52(43)36-14-12-16-38(32-36)54-49-23-9-5-19-41(49)42-20-6-10-24-50(42)54/h3-5,7,9-19,21,23-32,39,47H,6,8,20,22H2,1-2H3. The highest BCUT2D eigenvalue weighted by Gasteiger charge is 2.39. The lowest BCUT2D eigenvalue weighted by Crippen LogP contribution is -2.32. The first-order chi connectivity index (χ1) is 26.6. The second kappa shape index (κ2) is 12.2. The molecule has 0 amide bonds. The Labute approximate surface area is 317 Å². The zero-order valence-electron chi connectivity index (χ0n) is 30.9. The summed E-state index contributed by atoms with van der Waals surface area (Å²) in [6.07, 6.45) is 23.0. The first-order valence-corrected chi connectivity index (χ1v) is 19.6. The van der Waals surface area contributed by atoms with Crippen molar-refractivity contribution in [1.82, 2.24) is 4.57 Å². The molecule has 0 N–H and O–H groups in total. The quantitative estimate of drug-likeness (QED) is 0.167. The lowest BCUT2D eigenvalue weighted by atomic mass is 9.84. The molecule has 1 aliphatic heterocycles. The van der Waals surface area contributed by atoms with Crippen molar-refractivity contribution in [3.8, 4) is 27.9 Å². The van der Waals surface area contributed by atoms with Crippen LogP contribution in [0, 0.1) is 19.8 Å². The Bertz CT molecular complexity index is 2870. The third-order valence-electron chi connectivity index (χ3n) is 12.3. The molecular formula is C52H42N2. The van der Waals surface area contributed by atoms with Crippen LogP contribution in [0.25, 0.3) is 66.5 Å². The van der Waals surface area contributed by atoms with Crippen molar-refractivity contribution in [2.75, 3.05) is 4.90 Å². The van der Waals surface area contributed by atoms with Crippen LogP contribution in [-0.4, -0.2) is 10.6 Å². The van der Waals surface area contributed by atoms with Gasteiger partial charge in [-0.3, -0.25) is 0 Å². The average molecular weight is 695 g/mol. The van der Waals surface area contributed by atoms with E-state index in [1.807, 2.05) is 0 Å². The van der Waals surface area contributed by atoms with Crippen molar-refractivity contribution in [3.63, 3.8) is 0 Å². The molecule has 11 rings (SSSR count). The largest absolute Gasteiger partial charge is 0.337 e. The number of hydrogen-bond donors (Lipinski definition) is 0. The van der Waals surface area contributed by atoms with Crippen LogP contribution in [0.3, 0.4) is 0 Å². The number of para-hydroxylation sites is 1. The van der Waals surface area contributed by atoms with Gasteiger partial charge in [0.15, 0.2) is 0 Å². The van der Waals surface area contributed by atoms with Crippen molar-refractivity contribution < 1.29 is 0 Å². The van der Waals surface area contributed by atoms with Gasteiger partial charge in [0.1, 0.15) is 0 Å². The molecule has 0 saturated carbocycles. The molecule has 2 unspecified atom stereocenters. The van der Waals surface area contributed by atoms with E-state index in [-0.39, 0.29) is 0 Å². The Morgan fingerprint density at radius 2 is 1.22 bits per heavy atom. The summed E-state index contributed by atoms with van der Waals surface area (Å²) in [5.41, 5.74) is 17.2. The van der Waals surface area contributed by atoms with Crippen LogP contribution < -0.4 is 4.90 Å². The smallest absolute Gasteiger partial charge is 0.0626 e. The summed E-state index contributed by atoms with van der Waals surface area (Å²) in [5, 5.41) is 6.55. The molecule has 2 heteroatoms. The molecule has 3 aliphatic carbocycles. The van der Waals surface area contributed by atoms with Crippen LogP contribution in [0.15, 0.2) is 163 Å². The number of aryl methyl sites for hydroxylation is 3. The lowest BCUT2D eigenvalue weighted by molar-refractivity contribution is 0.681. The van der Waals surface area contributed by atoms with Crippen molar-refractivity contribution in [2.24, 2.45) is 5.92 Å². The Hall–Kier alpha value is -6.12. The number of allylic oxidation sites excluding steroid dienone is 6. The van der Waals surface area contributed by atoms with E-state index in [9.17, 15) is 0 Å². The van der Waals surface area contributed by atoms with Crippen LogP contribution in [0.5, 0.6) is 0 Å². The Kier molecular flexibility index (Phi) is 7.11. The Balaban J connectivity index is 1.13. The van der Waals surface area contributed by atoms with Gasteiger partial charge in [-0.25, -0.2) is 0 Å². The van der Waals surface area contributed by atoms with Gasteiger partial charge in [-0.05, 0) is 131 Å². The third kappa shape index (κ3) is 4.72. The summed E-state index contributed by atoms with van der Waals surface area (Å²) in [7, 11) is 0. The first kappa shape index (κ1) is 31.4. The molecule has 0 spiro atoms. The predicted octanol–water partition coefficient (Wildman–Crippen LogP) is 13.4. The summed E-state index contributed by atoms with van der Waals surface area (Å²) in [4.78, 5) is 2.63. The fraction of sp³-hybridized carbons (Fsp3) is 0.154. The third-order valence-corrected chi connectivity index (χ3v) is 12.3. The minimum Gasteiger partial charge on any atom is -0.337 e. The highest BCUT2D eigenvalue weighted by Crippen LogP contribution is 2.48. The number of benzene rings is 6. The van der Waals surface area contributed by atoms with E-state index in [0.29, 0.717) is 12.0 Å². The number of aromatic nitrogens is 1. The van der Waals surface area contributed by atoms with Gasteiger partial charge in [-0.15, -0.1) is 0 Å². The minimum atomic E-state index is 0.310. The molecule has 4 aliphatic rings. The lowest BCUT2D eigenvalue weighted by Gasteiger charge is -2.31. The summed E-state index contributed by atoms with van der Waals surface area (Å²) in [6.45, 7) is 4.45. The maximum absolute atomic E-state index is 2.63. The predicted molar refractivity (Wildman–Crippen MR) is 229 cm³/mol. The highest BCUT2D eigenvalue weighted by molar-refractivity contribution is 6.21. The van der Waals surface area contributed by atoms with Gasteiger partial charge in [-0.1, -0.05) is 133 Å². The van der Waals surface area contributed by atoms with Gasteiger partial charge < -0.3 is 9.47 Å². The SMILES string of the molecule is Cc1ccc2c(-c3cccc(-n4c5c(c6ccccc64)CCC=C5)c3)c3cc(C)ccc3c(-c3cccc(N4C5=C(C=CCC5)C5C=CC=CC54)c3)c2c1. The fourth-order valence-corrected chi connectivity index (χ4v) is 10.0. The second-order valence-corrected chi connectivity index (χ2v) is 15.6. The van der Waals surface area contributed by atoms with Crippen LogP contribution in [0.2, 0.25) is 0 Å².